The summed E-state index contributed by atoms with van der Waals surface area (Å²) in [5, 5.41) is 14.9. The molecular formula is C22H33N5O5S. The predicted octanol–water partition coefficient (Wildman–Crippen LogP) is 3.10. The van der Waals surface area contributed by atoms with Crippen molar-refractivity contribution >= 4 is 23.2 Å². The molecule has 0 aliphatic carbocycles. The molecule has 0 unspecified atom stereocenters. The molecule has 1 fully saturated rings. The minimum absolute atomic E-state index is 0.161. The van der Waals surface area contributed by atoms with Crippen molar-refractivity contribution in [2.45, 2.75) is 91.3 Å². The van der Waals surface area contributed by atoms with E-state index in [4.69, 9.17) is 14.2 Å². The summed E-state index contributed by atoms with van der Waals surface area (Å²) < 4.78 is 18.9. The van der Waals surface area contributed by atoms with E-state index in [9.17, 15) is 9.59 Å². The minimum atomic E-state index is -0.825. The Balaban J connectivity index is 1.59. The van der Waals surface area contributed by atoms with E-state index < -0.39 is 11.4 Å². The fraction of sp³-hybridized carbons (Fsp3) is 0.682. The van der Waals surface area contributed by atoms with E-state index in [1.807, 2.05) is 48.5 Å². The second-order valence-electron chi connectivity index (χ2n) is 9.67. The third-order valence-electron chi connectivity index (χ3n) is 5.14. The maximum Gasteiger partial charge on any atom is 0.308 e. The van der Waals surface area contributed by atoms with E-state index in [2.05, 4.69) is 20.8 Å². The summed E-state index contributed by atoms with van der Waals surface area (Å²) in [6.45, 7) is 13.5. The topological polar surface area (TPSA) is 117 Å². The van der Waals surface area contributed by atoms with Crippen LogP contribution in [0.15, 0.2) is 6.33 Å². The molecule has 182 valence electrons. The highest BCUT2D eigenvalue weighted by Crippen LogP contribution is 2.31. The Hall–Kier alpha value is -2.37. The lowest BCUT2D eigenvalue weighted by atomic mass is 10.0. The molecule has 0 spiro atoms. The van der Waals surface area contributed by atoms with Gasteiger partial charge in [-0.05, 0) is 70.9 Å². The lowest BCUT2D eigenvalue weighted by Crippen LogP contribution is -2.46. The van der Waals surface area contributed by atoms with Crippen molar-refractivity contribution in [1.82, 2.24) is 25.5 Å². The molecule has 0 aromatic carbocycles. The van der Waals surface area contributed by atoms with E-state index in [0.717, 1.165) is 10.4 Å². The average Bonchev–Trinajstić information content (AvgIpc) is 3.27. The number of carbonyl (C=O) groups is 2. The molecule has 2 atom stereocenters. The van der Waals surface area contributed by atoms with Crippen molar-refractivity contribution in [3.05, 3.63) is 22.3 Å². The predicted molar refractivity (Wildman–Crippen MR) is 122 cm³/mol. The Morgan fingerprint density at radius 3 is 2.61 bits per heavy atom. The molecule has 1 saturated heterocycles. The highest BCUT2D eigenvalue weighted by atomic mass is 32.1. The van der Waals surface area contributed by atoms with E-state index in [1.165, 1.54) is 22.3 Å². The van der Waals surface area contributed by atoms with Crippen LogP contribution in [0.2, 0.25) is 0 Å². The SMILES string of the molecule is Cc1sc(-n2cnnn2)c(C(=O)NCC[C@@H]2C[C@H](CC(=O)OC(C)(C)C)OC(C)(C)O2)c1C. The average molecular weight is 480 g/mol. The van der Waals surface area contributed by atoms with Crippen LogP contribution in [-0.4, -0.2) is 62.2 Å². The lowest BCUT2D eigenvalue weighted by molar-refractivity contribution is -0.300. The van der Waals surface area contributed by atoms with Gasteiger partial charge in [-0.3, -0.25) is 9.59 Å². The van der Waals surface area contributed by atoms with Crippen molar-refractivity contribution in [2.75, 3.05) is 6.54 Å². The molecule has 0 bridgehead atoms. The van der Waals surface area contributed by atoms with Crippen LogP contribution in [0.4, 0.5) is 0 Å². The van der Waals surface area contributed by atoms with Gasteiger partial charge in [-0.15, -0.1) is 16.4 Å². The van der Waals surface area contributed by atoms with E-state index in [0.29, 0.717) is 30.0 Å². The zero-order valence-corrected chi connectivity index (χ0v) is 21.1. The molecule has 2 aromatic heterocycles. The summed E-state index contributed by atoms with van der Waals surface area (Å²) in [6.07, 6.45) is 2.31. The van der Waals surface area contributed by atoms with Crippen LogP contribution in [0.3, 0.4) is 0 Å². The molecule has 1 amide bonds. The molecule has 33 heavy (non-hydrogen) atoms. The van der Waals surface area contributed by atoms with Gasteiger partial charge < -0.3 is 19.5 Å². The first kappa shape index (κ1) is 25.3. The Bertz CT molecular complexity index is 980. The monoisotopic (exact) mass is 479 g/mol. The minimum Gasteiger partial charge on any atom is -0.460 e. The number of tetrazole rings is 1. The Kier molecular flexibility index (Phi) is 7.55. The van der Waals surface area contributed by atoms with Crippen LogP contribution in [0.5, 0.6) is 0 Å². The van der Waals surface area contributed by atoms with Crippen LogP contribution in [0.25, 0.3) is 5.00 Å². The van der Waals surface area contributed by atoms with Gasteiger partial charge in [0.2, 0.25) is 0 Å². The largest absolute Gasteiger partial charge is 0.460 e. The normalized spacial score (nSPS) is 20.5. The van der Waals surface area contributed by atoms with E-state index in [-0.39, 0.29) is 30.5 Å². The number of carbonyl (C=O) groups excluding carboxylic acids is 2. The van der Waals surface area contributed by atoms with Crippen molar-refractivity contribution in [3.63, 3.8) is 0 Å². The van der Waals surface area contributed by atoms with Gasteiger partial charge in [-0.2, -0.15) is 4.68 Å². The molecule has 11 heteroatoms. The lowest BCUT2D eigenvalue weighted by Gasteiger charge is -2.40. The first-order chi connectivity index (χ1) is 15.3. The number of amides is 1. The molecule has 1 N–H and O–H groups in total. The standard InChI is InChI=1S/C22H33N5O5S/c1-13-14(2)33-20(27-12-24-25-26-27)18(13)19(29)23-9-8-15-10-16(31-22(6,7)30-15)11-17(28)32-21(3,4)5/h12,15-16H,8-11H2,1-7H3,(H,23,29)/t15-,16-/m1/s1. The van der Waals surface area contributed by atoms with Crippen LogP contribution in [-0.2, 0) is 19.0 Å². The highest BCUT2D eigenvalue weighted by Gasteiger charge is 2.37. The van der Waals surface area contributed by atoms with Gasteiger partial charge >= 0.3 is 5.97 Å². The number of nitrogens with zero attached hydrogens (tertiary/aromatic N) is 4. The van der Waals surface area contributed by atoms with Crippen LogP contribution >= 0.6 is 11.3 Å². The van der Waals surface area contributed by atoms with Gasteiger partial charge in [0.05, 0.1) is 24.2 Å². The molecule has 3 rings (SSSR count). The van der Waals surface area contributed by atoms with Crippen LogP contribution < -0.4 is 5.32 Å². The summed E-state index contributed by atoms with van der Waals surface area (Å²) in [7, 11) is 0. The Morgan fingerprint density at radius 1 is 1.27 bits per heavy atom. The number of ether oxygens (including phenoxy) is 3. The smallest absolute Gasteiger partial charge is 0.308 e. The fourth-order valence-corrected chi connectivity index (χ4v) is 4.89. The van der Waals surface area contributed by atoms with E-state index in [1.54, 1.807) is 0 Å². The van der Waals surface area contributed by atoms with Gasteiger partial charge in [0.25, 0.3) is 5.91 Å². The van der Waals surface area contributed by atoms with Crippen molar-refractivity contribution in [1.29, 1.82) is 0 Å². The Morgan fingerprint density at radius 2 is 1.97 bits per heavy atom. The molecular weight excluding hydrogens is 446 g/mol. The number of hydrogen-bond donors (Lipinski definition) is 1. The molecule has 1 aliphatic rings. The number of nitrogens with one attached hydrogen (secondary N) is 1. The third kappa shape index (κ3) is 6.81. The quantitative estimate of drug-likeness (QED) is 0.602. The van der Waals surface area contributed by atoms with E-state index >= 15 is 0 Å². The number of aryl methyl sites for hydroxylation is 1. The van der Waals surface area contributed by atoms with Gasteiger partial charge in [0, 0.05) is 17.8 Å². The summed E-state index contributed by atoms with van der Waals surface area (Å²) >= 11 is 1.47. The first-order valence-corrected chi connectivity index (χ1v) is 11.9. The van der Waals surface area contributed by atoms with Gasteiger partial charge in [-0.25, -0.2) is 0 Å². The maximum atomic E-state index is 13.0. The summed E-state index contributed by atoms with van der Waals surface area (Å²) in [6, 6.07) is 0. The highest BCUT2D eigenvalue weighted by molar-refractivity contribution is 7.15. The molecule has 0 saturated carbocycles. The summed E-state index contributed by atoms with van der Waals surface area (Å²) in [5.41, 5.74) is 0.936. The van der Waals surface area contributed by atoms with Crippen molar-refractivity contribution in [3.8, 4) is 5.00 Å². The molecule has 10 nitrogen and oxygen atoms in total. The first-order valence-electron chi connectivity index (χ1n) is 11.0. The molecule has 0 radical (unpaired) electrons. The molecule has 2 aromatic rings. The number of hydrogen-bond acceptors (Lipinski definition) is 9. The van der Waals surface area contributed by atoms with Gasteiger partial charge in [0.1, 0.15) is 16.9 Å². The second kappa shape index (κ2) is 9.86. The van der Waals surface area contributed by atoms with Crippen LogP contribution in [0.1, 0.15) is 74.7 Å². The number of esters is 1. The van der Waals surface area contributed by atoms with Gasteiger partial charge in [-0.1, -0.05) is 0 Å². The van der Waals surface area contributed by atoms with Crippen molar-refractivity contribution in [2.24, 2.45) is 0 Å². The Labute approximate surface area is 198 Å². The zero-order valence-electron chi connectivity index (χ0n) is 20.3. The van der Waals surface area contributed by atoms with Crippen molar-refractivity contribution < 1.29 is 23.8 Å². The third-order valence-corrected chi connectivity index (χ3v) is 6.34. The van der Waals surface area contributed by atoms with Gasteiger partial charge in [0.15, 0.2) is 5.79 Å². The number of thiophene rings is 1. The number of rotatable bonds is 7. The zero-order chi connectivity index (χ0) is 24.4. The molecule has 3 heterocycles. The molecule has 1 aliphatic heterocycles. The number of aromatic nitrogens is 4. The maximum absolute atomic E-state index is 13.0. The summed E-state index contributed by atoms with van der Waals surface area (Å²) in [5.74, 6) is -1.30. The fourth-order valence-electron chi connectivity index (χ4n) is 3.82. The summed E-state index contributed by atoms with van der Waals surface area (Å²) in [4.78, 5) is 26.3. The van der Waals surface area contributed by atoms with Crippen LogP contribution in [0, 0.1) is 13.8 Å². The second-order valence-corrected chi connectivity index (χ2v) is 10.9.